The fourth-order valence-corrected chi connectivity index (χ4v) is 2.88. The first-order chi connectivity index (χ1) is 11.0. The summed E-state index contributed by atoms with van der Waals surface area (Å²) in [6.45, 7) is 5.79. The highest BCUT2D eigenvalue weighted by molar-refractivity contribution is 9.10. The molecule has 2 aromatic carbocycles. The Hall–Kier alpha value is -2.14. The van der Waals surface area contributed by atoms with E-state index in [2.05, 4.69) is 20.9 Å². The fraction of sp³-hybridized carbons (Fsp3) is 0.222. The molecule has 0 aliphatic carbocycles. The molecule has 3 aromatic rings. The van der Waals surface area contributed by atoms with E-state index in [4.69, 9.17) is 4.74 Å². The molecule has 4 nitrogen and oxygen atoms in total. The molecule has 0 saturated heterocycles. The second-order valence-corrected chi connectivity index (χ2v) is 6.54. The molecule has 0 aliphatic rings. The van der Waals surface area contributed by atoms with Crippen molar-refractivity contribution in [2.45, 2.75) is 26.9 Å². The molecule has 1 heterocycles. The lowest BCUT2D eigenvalue weighted by Crippen LogP contribution is -2.22. The number of rotatable bonds is 3. The van der Waals surface area contributed by atoms with Crippen LogP contribution in [0.2, 0.25) is 0 Å². The van der Waals surface area contributed by atoms with Gasteiger partial charge in [0.25, 0.3) is 5.56 Å². The van der Waals surface area contributed by atoms with Crippen molar-refractivity contribution in [3.05, 3.63) is 63.1 Å². The molecule has 0 bridgehead atoms. The van der Waals surface area contributed by atoms with Crippen molar-refractivity contribution in [3.63, 3.8) is 0 Å². The van der Waals surface area contributed by atoms with Gasteiger partial charge in [0.2, 0.25) is 0 Å². The van der Waals surface area contributed by atoms with Gasteiger partial charge in [-0.25, -0.2) is 4.98 Å². The maximum atomic E-state index is 12.8. The number of halogens is 1. The topological polar surface area (TPSA) is 44.1 Å². The molecule has 1 aromatic heterocycles. The summed E-state index contributed by atoms with van der Waals surface area (Å²) in [5.74, 6) is 1.44. The lowest BCUT2D eigenvalue weighted by atomic mass is 10.2. The molecule has 5 heteroatoms. The fourth-order valence-electron chi connectivity index (χ4n) is 2.52. The summed E-state index contributed by atoms with van der Waals surface area (Å²) >= 11 is 3.41. The summed E-state index contributed by atoms with van der Waals surface area (Å²) < 4.78 is 8.12. The van der Waals surface area contributed by atoms with E-state index < -0.39 is 0 Å². The number of ether oxygens (including phenoxy) is 1. The Morgan fingerprint density at radius 2 is 1.83 bits per heavy atom. The minimum Gasteiger partial charge on any atom is -0.491 e. The van der Waals surface area contributed by atoms with E-state index in [-0.39, 0.29) is 11.7 Å². The number of hydrogen-bond acceptors (Lipinski definition) is 3. The highest BCUT2D eigenvalue weighted by Gasteiger charge is 2.10. The second kappa shape index (κ2) is 6.16. The van der Waals surface area contributed by atoms with Crippen LogP contribution in [0, 0.1) is 6.92 Å². The van der Waals surface area contributed by atoms with Gasteiger partial charge in [-0.3, -0.25) is 9.36 Å². The second-order valence-electron chi connectivity index (χ2n) is 5.62. The van der Waals surface area contributed by atoms with Gasteiger partial charge in [-0.05, 0) is 63.2 Å². The van der Waals surface area contributed by atoms with Gasteiger partial charge < -0.3 is 4.74 Å². The highest BCUT2D eigenvalue weighted by Crippen LogP contribution is 2.19. The van der Waals surface area contributed by atoms with Crippen LogP contribution in [0.4, 0.5) is 0 Å². The maximum absolute atomic E-state index is 12.8. The normalized spacial score (nSPS) is 11.2. The minimum absolute atomic E-state index is 0.0775. The van der Waals surface area contributed by atoms with Crippen molar-refractivity contribution in [3.8, 4) is 11.4 Å². The van der Waals surface area contributed by atoms with Gasteiger partial charge in [0.1, 0.15) is 11.6 Å². The van der Waals surface area contributed by atoms with Gasteiger partial charge in [0, 0.05) is 4.47 Å². The summed E-state index contributed by atoms with van der Waals surface area (Å²) in [6.07, 6.45) is 0.116. The SMILES string of the molecule is Cc1nc2ccc(Br)cc2c(=O)n1-c1ccc(OC(C)C)cc1. The van der Waals surface area contributed by atoms with Gasteiger partial charge in [-0.1, -0.05) is 15.9 Å². The molecule has 118 valence electrons. The van der Waals surface area contributed by atoms with E-state index in [1.807, 2.05) is 57.2 Å². The molecule has 0 saturated carbocycles. The Morgan fingerprint density at radius 3 is 2.48 bits per heavy atom. The van der Waals surface area contributed by atoms with Crippen molar-refractivity contribution >= 4 is 26.8 Å². The molecular formula is C18H17BrN2O2. The minimum atomic E-state index is -0.0775. The number of benzene rings is 2. The number of aryl methyl sites for hydroxylation is 1. The van der Waals surface area contributed by atoms with Crippen molar-refractivity contribution in [2.24, 2.45) is 0 Å². The van der Waals surface area contributed by atoms with Crippen LogP contribution in [0.15, 0.2) is 51.7 Å². The first kappa shape index (κ1) is 15.7. The Bertz CT molecular complexity index is 915. The van der Waals surface area contributed by atoms with Crippen LogP contribution in [-0.2, 0) is 0 Å². The molecule has 23 heavy (non-hydrogen) atoms. The van der Waals surface area contributed by atoms with Crippen LogP contribution in [0.25, 0.3) is 16.6 Å². The summed E-state index contributed by atoms with van der Waals surface area (Å²) in [5.41, 5.74) is 1.40. The Labute approximate surface area is 142 Å². The zero-order valence-electron chi connectivity index (χ0n) is 13.2. The standard InChI is InChI=1S/C18H17BrN2O2/c1-11(2)23-15-7-5-14(6-8-15)21-12(3)20-17-9-4-13(19)10-16(17)18(21)22/h4-11H,1-3H3. The number of nitrogens with zero attached hydrogens (tertiary/aromatic N) is 2. The van der Waals surface area contributed by atoms with Crippen molar-refractivity contribution in [1.82, 2.24) is 9.55 Å². The lowest BCUT2D eigenvalue weighted by molar-refractivity contribution is 0.242. The summed E-state index contributed by atoms with van der Waals surface area (Å²) in [6, 6.07) is 13.0. The predicted octanol–water partition coefficient (Wildman–Crippen LogP) is 4.24. The predicted molar refractivity (Wildman–Crippen MR) is 95.5 cm³/mol. The molecular weight excluding hydrogens is 356 g/mol. The van der Waals surface area contributed by atoms with Crippen molar-refractivity contribution < 1.29 is 4.74 Å². The molecule has 0 atom stereocenters. The zero-order chi connectivity index (χ0) is 16.6. The van der Waals surface area contributed by atoms with Crippen LogP contribution < -0.4 is 10.3 Å². The molecule has 0 spiro atoms. The van der Waals surface area contributed by atoms with E-state index in [0.717, 1.165) is 15.9 Å². The third kappa shape index (κ3) is 3.15. The van der Waals surface area contributed by atoms with Gasteiger partial charge in [-0.2, -0.15) is 0 Å². The first-order valence-electron chi connectivity index (χ1n) is 7.42. The lowest BCUT2D eigenvalue weighted by Gasteiger charge is -2.13. The van der Waals surface area contributed by atoms with E-state index in [1.165, 1.54) is 0 Å². The Morgan fingerprint density at radius 1 is 1.13 bits per heavy atom. The van der Waals surface area contributed by atoms with Gasteiger partial charge in [0.15, 0.2) is 0 Å². The van der Waals surface area contributed by atoms with Gasteiger partial charge in [-0.15, -0.1) is 0 Å². The van der Waals surface area contributed by atoms with E-state index >= 15 is 0 Å². The smallest absolute Gasteiger partial charge is 0.265 e. The third-order valence-corrected chi connectivity index (χ3v) is 3.96. The average molecular weight is 373 g/mol. The summed E-state index contributed by atoms with van der Waals surface area (Å²) in [5, 5.41) is 0.590. The van der Waals surface area contributed by atoms with Crippen LogP contribution in [-0.4, -0.2) is 15.7 Å². The van der Waals surface area contributed by atoms with Crippen molar-refractivity contribution in [2.75, 3.05) is 0 Å². The summed E-state index contributed by atoms with van der Waals surface area (Å²) in [4.78, 5) is 17.4. The van der Waals surface area contributed by atoms with Crippen LogP contribution >= 0.6 is 15.9 Å². The average Bonchev–Trinajstić information content (AvgIpc) is 2.49. The summed E-state index contributed by atoms with van der Waals surface area (Å²) in [7, 11) is 0. The first-order valence-corrected chi connectivity index (χ1v) is 8.21. The van der Waals surface area contributed by atoms with Crippen molar-refractivity contribution in [1.29, 1.82) is 0 Å². The maximum Gasteiger partial charge on any atom is 0.265 e. The molecule has 0 aliphatic heterocycles. The Balaban J connectivity index is 2.14. The zero-order valence-corrected chi connectivity index (χ0v) is 14.8. The van der Waals surface area contributed by atoms with Crippen LogP contribution in [0.1, 0.15) is 19.7 Å². The third-order valence-electron chi connectivity index (χ3n) is 3.46. The monoisotopic (exact) mass is 372 g/mol. The number of hydrogen-bond donors (Lipinski definition) is 0. The molecule has 0 unspecified atom stereocenters. The van der Waals surface area contributed by atoms with Crippen LogP contribution in [0.5, 0.6) is 5.75 Å². The van der Waals surface area contributed by atoms with E-state index in [1.54, 1.807) is 10.6 Å². The quantitative estimate of drug-likeness (QED) is 0.690. The van der Waals surface area contributed by atoms with Gasteiger partial charge >= 0.3 is 0 Å². The largest absolute Gasteiger partial charge is 0.491 e. The molecule has 0 fully saturated rings. The molecule has 0 amide bonds. The molecule has 0 radical (unpaired) electrons. The number of aromatic nitrogens is 2. The van der Waals surface area contributed by atoms with E-state index in [0.29, 0.717) is 16.7 Å². The highest BCUT2D eigenvalue weighted by atomic mass is 79.9. The Kier molecular flexibility index (Phi) is 4.22. The number of fused-ring (bicyclic) bond motifs is 1. The van der Waals surface area contributed by atoms with Crippen LogP contribution in [0.3, 0.4) is 0 Å². The molecule has 0 N–H and O–H groups in total. The van der Waals surface area contributed by atoms with E-state index in [9.17, 15) is 4.79 Å². The molecule has 3 rings (SSSR count). The van der Waals surface area contributed by atoms with Gasteiger partial charge in [0.05, 0.1) is 22.7 Å².